The quantitative estimate of drug-likeness (QED) is 0.691. The van der Waals surface area contributed by atoms with E-state index in [1.54, 1.807) is 11.3 Å². The van der Waals surface area contributed by atoms with Crippen molar-refractivity contribution in [2.24, 2.45) is 0 Å². The van der Waals surface area contributed by atoms with E-state index in [0.717, 1.165) is 12.2 Å². The van der Waals surface area contributed by atoms with Crippen LogP contribution in [0.1, 0.15) is 11.1 Å². The molecule has 96 valence electrons. The first-order chi connectivity index (χ1) is 9.24. The van der Waals surface area contributed by atoms with Gasteiger partial charge in [0.25, 0.3) is 0 Å². The van der Waals surface area contributed by atoms with Crippen LogP contribution < -0.4 is 11.1 Å². The first kappa shape index (κ1) is 12.1. The van der Waals surface area contributed by atoms with Gasteiger partial charge in [-0.15, -0.1) is 11.3 Å². The molecular formula is C16H16N2S. The summed E-state index contributed by atoms with van der Waals surface area (Å²) in [6.07, 6.45) is 0. The number of benzene rings is 2. The highest BCUT2D eigenvalue weighted by molar-refractivity contribution is 7.17. The molecule has 0 radical (unpaired) electrons. The maximum absolute atomic E-state index is 5.69. The van der Waals surface area contributed by atoms with Crippen molar-refractivity contribution in [2.75, 3.05) is 11.1 Å². The lowest BCUT2D eigenvalue weighted by molar-refractivity contribution is 1.14. The Balaban J connectivity index is 1.81. The highest BCUT2D eigenvalue weighted by atomic mass is 32.1. The molecule has 3 N–H and O–H groups in total. The van der Waals surface area contributed by atoms with Crippen molar-refractivity contribution < 1.29 is 0 Å². The zero-order valence-electron chi connectivity index (χ0n) is 10.8. The summed E-state index contributed by atoms with van der Waals surface area (Å²) in [6, 6.07) is 14.5. The van der Waals surface area contributed by atoms with Gasteiger partial charge in [-0.3, -0.25) is 0 Å². The van der Waals surface area contributed by atoms with Gasteiger partial charge in [0.15, 0.2) is 0 Å². The number of hydrogen-bond donors (Lipinski definition) is 2. The van der Waals surface area contributed by atoms with Crippen molar-refractivity contribution in [3.8, 4) is 0 Å². The molecule has 3 heteroatoms. The first-order valence-electron chi connectivity index (χ1n) is 6.29. The fraction of sp³-hybridized carbons (Fsp3) is 0.125. The summed E-state index contributed by atoms with van der Waals surface area (Å²) in [5, 5.41) is 6.96. The number of nitrogens with two attached hydrogens (primary N) is 1. The highest BCUT2D eigenvalue weighted by Crippen LogP contribution is 2.29. The van der Waals surface area contributed by atoms with E-state index in [1.807, 2.05) is 12.1 Å². The van der Waals surface area contributed by atoms with E-state index in [0.29, 0.717) is 0 Å². The average molecular weight is 268 g/mol. The molecule has 0 saturated heterocycles. The summed E-state index contributed by atoms with van der Waals surface area (Å²) in [6.45, 7) is 2.99. The lowest BCUT2D eigenvalue weighted by atomic mass is 10.1. The Hall–Kier alpha value is -2.00. The third-order valence-corrected chi connectivity index (χ3v) is 4.38. The number of thiophene rings is 1. The summed E-state index contributed by atoms with van der Waals surface area (Å²) in [7, 11) is 0. The van der Waals surface area contributed by atoms with Crippen molar-refractivity contribution in [1.29, 1.82) is 0 Å². The average Bonchev–Trinajstić information content (AvgIpc) is 2.89. The minimum atomic E-state index is 0.805. The van der Waals surface area contributed by atoms with Gasteiger partial charge in [-0.25, -0.2) is 0 Å². The van der Waals surface area contributed by atoms with Crippen molar-refractivity contribution in [2.45, 2.75) is 13.5 Å². The Bertz CT molecular complexity index is 698. The van der Waals surface area contributed by atoms with E-state index < -0.39 is 0 Å². The zero-order valence-corrected chi connectivity index (χ0v) is 11.6. The number of nitrogens with one attached hydrogen (secondary N) is 1. The molecule has 0 unspecified atom stereocenters. The molecular weight excluding hydrogens is 252 g/mol. The molecule has 1 heterocycles. The topological polar surface area (TPSA) is 38.0 Å². The minimum absolute atomic E-state index is 0.805. The number of fused-ring (bicyclic) bond motifs is 1. The zero-order chi connectivity index (χ0) is 13.2. The van der Waals surface area contributed by atoms with E-state index in [4.69, 9.17) is 5.73 Å². The third kappa shape index (κ3) is 2.42. The maximum Gasteiger partial charge on any atom is 0.0400 e. The van der Waals surface area contributed by atoms with Crippen molar-refractivity contribution >= 4 is 32.8 Å². The van der Waals surface area contributed by atoms with Crippen LogP contribution in [0.5, 0.6) is 0 Å². The van der Waals surface area contributed by atoms with Crippen LogP contribution in [-0.4, -0.2) is 0 Å². The molecule has 0 fully saturated rings. The number of nitrogen functional groups attached to an aromatic ring is 1. The largest absolute Gasteiger partial charge is 0.399 e. The molecule has 0 atom stereocenters. The van der Waals surface area contributed by atoms with Crippen LogP contribution in [0.15, 0.2) is 47.8 Å². The van der Waals surface area contributed by atoms with E-state index >= 15 is 0 Å². The Morgan fingerprint density at radius 2 is 1.84 bits per heavy atom. The van der Waals surface area contributed by atoms with Gasteiger partial charge in [0.05, 0.1) is 0 Å². The smallest absolute Gasteiger partial charge is 0.0400 e. The van der Waals surface area contributed by atoms with Gasteiger partial charge in [0.2, 0.25) is 0 Å². The lowest BCUT2D eigenvalue weighted by Gasteiger charge is -2.10. The van der Waals surface area contributed by atoms with Crippen LogP contribution >= 0.6 is 11.3 Å². The molecule has 2 aromatic carbocycles. The van der Waals surface area contributed by atoms with Crippen molar-refractivity contribution in [3.63, 3.8) is 0 Å². The molecule has 0 saturated carbocycles. The molecule has 2 nitrogen and oxygen atoms in total. The van der Waals surface area contributed by atoms with Crippen molar-refractivity contribution in [3.05, 3.63) is 59.0 Å². The Kier molecular flexibility index (Phi) is 3.13. The molecule has 19 heavy (non-hydrogen) atoms. The fourth-order valence-corrected chi connectivity index (χ4v) is 3.11. The molecule has 0 aliphatic rings. The Morgan fingerprint density at radius 3 is 2.63 bits per heavy atom. The summed E-state index contributed by atoms with van der Waals surface area (Å²) < 4.78 is 1.36. The van der Waals surface area contributed by atoms with Gasteiger partial charge < -0.3 is 11.1 Å². The van der Waals surface area contributed by atoms with Gasteiger partial charge in [-0.1, -0.05) is 18.2 Å². The summed E-state index contributed by atoms with van der Waals surface area (Å²) in [5.74, 6) is 0. The van der Waals surface area contributed by atoms with Gasteiger partial charge in [-0.05, 0) is 53.1 Å². The number of anilines is 2. The predicted molar refractivity (Wildman–Crippen MR) is 84.7 cm³/mol. The monoisotopic (exact) mass is 268 g/mol. The predicted octanol–water partition coefficient (Wildman–Crippen LogP) is 4.40. The number of hydrogen-bond acceptors (Lipinski definition) is 3. The van der Waals surface area contributed by atoms with Gasteiger partial charge >= 0.3 is 0 Å². The molecule has 0 spiro atoms. The number of aryl methyl sites for hydroxylation is 1. The molecule has 1 aromatic heterocycles. The second-order valence-corrected chi connectivity index (χ2v) is 5.59. The summed E-state index contributed by atoms with van der Waals surface area (Å²) in [4.78, 5) is 0. The number of rotatable bonds is 3. The van der Waals surface area contributed by atoms with Crippen LogP contribution in [0.25, 0.3) is 10.1 Å². The Morgan fingerprint density at radius 1 is 1.05 bits per heavy atom. The maximum atomic E-state index is 5.69. The van der Waals surface area contributed by atoms with Crippen molar-refractivity contribution in [1.82, 2.24) is 0 Å². The van der Waals surface area contributed by atoms with E-state index in [9.17, 15) is 0 Å². The van der Waals surface area contributed by atoms with Crippen LogP contribution in [-0.2, 0) is 6.54 Å². The standard InChI is InChI=1S/C16H16N2S/c1-11-15(7-4-13-8-9-19-16(11)13)18-10-12-2-5-14(17)6-3-12/h2-9,18H,10,17H2,1H3. The molecule has 0 aliphatic heterocycles. The molecule has 3 rings (SSSR count). The Labute approximate surface area is 116 Å². The molecule has 0 bridgehead atoms. The second-order valence-electron chi connectivity index (χ2n) is 4.67. The van der Waals surface area contributed by atoms with Gasteiger partial charge in [0, 0.05) is 22.6 Å². The molecule has 0 amide bonds. The summed E-state index contributed by atoms with van der Waals surface area (Å²) in [5.41, 5.74) is 10.3. The first-order valence-corrected chi connectivity index (χ1v) is 7.17. The SMILES string of the molecule is Cc1c(NCc2ccc(N)cc2)ccc2ccsc12. The lowest BCUT2D eigenvalue weighted by Crippen LogP contribution is -2.01. The van der Waals surface area contributed by atoms with E-state index in [2.05, 4.69) is 48.0 Å². The second kappa shape index (κ2) is 4.94. The summed E-state index contributed by atoms with van der Waals surface area (Å²) >= 11 is 1.80. The minimum Gasteiger partial charge on any atom is -0.399 e. The third-order valence-electron chi connectivity index (χ3n) is 3.33. The highest BCUT2D eigenvalue weighted by Gasteiger charge is 2.04. The van der Waals surface area contributed by atoms with Crippen LogP contribution in [0.2, 0.25) is 0 Å². The fourth-order valence-electron chi connectivity index (χ4n) is 2.20. The molecule has 0 aliphatic carbocycles. The van der Waals surface area contributed by atoms with Gasteiger partial charge in [-0.2, -0.15) is 0 Å². The normalized spacial score (nSPS) is 10.8. The van der Waals surface area contributed by atoms with Crippen LogP contribution in [0, 0.1) is 6.92 Å². The van der Waals surface area contributed by atoms with E-state index in [1.165, 1.54) is 26.9 Å². The van der Waals surface area contributed by atoms with Crippen LogP contribution in [0.3, 0.4) is 0 Å². The van der Waals surface area contributed by atoms with E-state index in [-0.39, 0.29) is 0 Å². The molecule has 3 aromatic rings. The van der Waals surface area contributed by atoms with Crippen LogP contribution in [0.4, 0.5) is 11.4 Å². The van der Waals surface area contributed by atoms with Gasteiger partial charge in [0.1, 0.15) is 0 Å².